The second-order valence-electron chi connectivity index (χ2n) is 10.8. The number of nitrogens with zero attached hydrogens (tertiary/aromatic N) is 1. The molecule has 3 rings (SSSR count). The van der Waals surface area contributed by atoms with Crippen LogP contribution in [-0.2, 0) is 17.5 Å². The summed E-state index contributed by atoms with van der Waals surface area (Å²) in [4.78, 5) is 14.2. The van der Waals surface area contributed by atoms with Crippen LogP contribution >= 0.6 is 0 Å². The van der Waals surface area contributed by atoms with E-state index in [2.05, 4.69) is 0 Å². The summed E-state index contributed by atoms with van der Waals surface area (Å²) in [6, 6.07) is 13.3. The van der Waals surface area contributed by atoms with Crippen LogP contribution in [0.3, 0.4) is 0 Å². The van der Waals surface area contributed by atoms with Crippen LogP contribution in [-0.4, -0.2) is 17.6 Å². The first-order valence-electron chi connectivity index (χ1n) is 13.0. The number of carboxylic acids is 1. The zero-order valence-corrected chi connectivity index (χ0v) is 22.5. The second-order valence-corrected chi connectivity index (χ2v) is 10.8. The fourth-order valence-corrected chi connectivity index (χ4v) is 4.52. The number of carboxylic acid groups (broad SMARTS) is 1. The third kappa shape index (κ3) is 8.53. The summed E-state index contributed by atoms with van der Waals surface area (Å²) in [5, 5.41) is 10.0. The van der Waals surface area contributed by atoms with Gasteiger partial charge in [-0.3, -0.25) is 4.79 Å². The van der Waals surface area contributed by atoms with E-state index in [1.54, 1.807) is 18.2 Å². The summed E-state index contributed by atoms with van der Waals surface area (Å²) in [6.45, 7) is 8.63. The lowest BCUT2D eigenvalue weighted by molar-refractivity contribution is -0.139. The van der Waals surface area contributed by atoms with Gasteiger partial charge in [-0.05, 0) is 83.3 Å². The van der Waals surface area contributed by atoms with Gasteiger partial charge in [-0.1, -0.05) is 45.9 Å². The minimum atomic E-state index is -4.48. The molecule has 210 valence electrons. The van der Waals surface area contributed by atoms with Crippen molar-refractivity contribution < 1.29 is 31.9 Å². The van der Waals surface area contributed by atoms with Gasteiger partial charge in [0.05, 0.1) is 11.5 Å². The molecule has 0 aliphatic heterocycles. The number of halogens is 5. The number of hydrogen-bond acceptors (Lipinski definition) is 2. The standard InChI is InChI=1S/C31H34F5NO2/c1-19(2)9-10-37(18-21-12-26(32)17-27(33)13-21)28-15-23(22-5-7-25(8-6-22)31(34,35)36)14-24(16-28)29(30(38)39)11-20(3)4/h5-8,12-17,19-20,29H,9-11,18H2,1-4H3,(H,38,39). The first-order valence-corrected chi connectivity index (χ1v) is 13.0. The summed E-state index contributed by atoms with van der Waals surface area (Å²) in [5.74, 6) is -2.83. The van der Waals surface area contributed by atoms with Crippen LogP contribution in [0.2, 0.25) is 0 Å². The second kappa shape index (κ2) is 12.6. The largest absolute Gasteiger partial charge is 0.481 e. The van der Waals surface area contributed by atoms with Crippen molar-refractivity contribution in [3.63, 3.8) is 0 Å². The molecule has 1 N–H and O–H groups in total. The average Bonchev–Trinajstić information content (AvgIpc) is 2.83. The number of alkyl halides is 3. The Labute approximate surface area is 226 Å². The van der Waals surface area contributed by atoms with Gasteiger partial charge in [0.1, 0.15) is 11.6 Å². The van der Waals surface area contributed by atoms with E-state index >= 15 is 0 Å². The van der Waals surface area contributed by atoms with E-state index in [1.807, 2.05) is 32.6 Å². The van der Waals surface area contributed by atoms with E-state index in [4.69, 9.17) is 0 Å². The molecule has 0 aliphatic carbocycles. The summed E-state index contributed by atoms with van der Waals surface area (Å²) >= 11 is 0. The van der Waals surface area contributed by atoms with Gasteiger partial charge in [-0.15, -0.1) is 0 Å². The van der Waals surface area contributed by atoms with Crippen molar-refractivity contribution in [2.75, 3.05) is 11.4 Å². The number of aliphatic carboxylic acids is 1. The first-order chi connectivity index (χ1) is 18.2. The lowest BCUT2D eigenvalue weighted by atomic mass is 9.88. The van der Waals surface area contributed by atoms with Crippen LogP contribution in [0, 0.1) is 23.5 Å². The Kier molecular flexibility index (Phi) is 9.75. The molecule has 3 aromatic rings. The van der Waals surface area contributed by atoms with Crippen molar-refractivity contribution in [1.29, 1.82) is 0 Å². The molecule has 39 heavy (non-hydrogen) atoms. The zero-order valence-electron chi connectivity index (χ0n) is 22.5. The molecule has 1 unspecified atom stereocenters. The molecule has 0 bridgehead atoms. The fraction of sp³-hybridized carbons (Fsp3) is 0.387. The van der Waals surface area contributed by atoms with E-state index in [0.717, 1.165) is 24.6 Å². The molecule has 0 fully saturated rings. The summed E-state index contributed by atoms with van der Waals surface area (Å²) in [7, 11) is 0. The van der Waals surface area contributed by atoms with Gasteiger partial charge >= 0.3 is 12.1 Å². The van der Waals surface area contributed by atoms with Crippen LogP contribution in [0.1, 0.15) is 63.1 Å². The maximum absolute atomic E-state index is 14.0. The molecule has 0 saturated heterocycles. The average molecular weight is 548 g/mol. The van der Waals surface area contributed by atoms with E-state index in [1.165, 1.54) is 24.3 Å². The Morgan fingerprint density at radius 1 is 0.846 bits per heavy atom. The van der Waals surface area contributed by atoms with Gasteiger partial charge in [0.2, 0.25) is 0 Å². The molecule has 0 radical (unpaired) electrons. The molecule has 0 aromatic heterocycles. The molecule has 8 heteroatoms. The van der Waals surface area contributed by atoms with E-state index in [0.29, 0.717) is 46.8 Å². The van der Waals surface area contributed by atoms with Gasteiger partial charge in [-0.25, -0.2) is 8.78 Å². The van der Waals surface area contributed by atoms with Crippen molar-refractivity contribution in [3.05, 3.63) is 89.0 Å². The van der Waals surface area contributed by atoms with Crippen molar-refractivity contribution in [1.82, 2.24) is 0 Å². The predicted octanol–water partition coefficient (Wildman–Crippen LogP) is 8.92. The predicted molar refractivity (Wildman–Crippen MR) is 144 cm³/mol. The van der Waals surface area contributed by atoms with Crippen LogP contribution in [0.4, 0.5) is 27.6 Å². The summed E-state index contributed by atoms with van der Waals surface area (Å²) in [5.41, 5.74) is 1.84. The minimum absolute atomic E-state index is 0.0802. The van der Waals surface area contributed by atoms with E-state index < -0.39 is 35.3 Å². The lowest BCUT2D eigenvalue weighted by Crippen LogP contribution is -2.25. The Morgan fingerprint density at radius 2 is 1.46 bits per heavy atom. The van der Waals surface area contributed by atoms with Crippen LogP contribution < -0.4 is 4.90 Å². The van der Waals surface area contributed by atoms with Crippen molar-refractivity contribution >= 4 is 11.7 Å². The van der Waals surface area contributed by atoms with Crippen molar-refractivity contribution in [3.8, 4) is 11.1 Å². The highest BCUT2D eigenvalue weighted by Gasteiger charge is 2.30. The first kappa shape index (κ1) is 30.1. The molecule has 3 nitrogen and oxygen atoms in total. The van der Waals surface area contributed by atoms with Crippen LogP contribution in [0.25, 0.3) is 11.1 Å². The maximum Gasteiger partial charge on any atom is 0.416 e. The molecule has 1 atom stereocenters. The highest BCUT2D eigenvalue weighted by molar-refractivity contribution is 5.79. The third-order valence-electron chi connectivity index (χ3n) is 6.53. The molecule has 0 heterocycles. The molecular formula is C31H34F5NO2. The Bertz CT molecular complexity index is 1250. The highest BCUT2D eigenvalue weighted by atomic mass is 19.4. The molecule has 0 amide bonds. The van der Waals surface area contributed by atoms with Crippen molar-refractivity contribution in [2.24, 2.45) is 11.8 Å². The number of carbonyl (C=O) groups is 1. The fourth-order valence-electron chi connectivity index (χ4n) is 4.52. The monoisotopic (exact) mass is 547 g/mol. The molecule has 0 aliphatic rings. The number of rotatable bonds is 11. The third-order valence-corrected chi connectivity index (χ3v) is 6.53. The topological polar surface area (TPSA) is 40.5 Å². The van der Waals surface area contributed by atoms with Gasteiger partial charge in [0.15, 0.2) is 0 Å². The van der Waals surface area contributed by atoms with E-state index in [-0.39, 0.29) is 12.5 Å². The molecule has 3 aromatic carbocycles. The van der Waals surface area contributed by atoms with Gasteiger partial charge in [0.25, 0.3) is 0 Å². The minimum Gasteiger partial charge on any atom is -0.481 e. The number of hydrogen-bond donors (Lipinski definition) is 1. The van der Waals surface area contributed by atoms with Crippen LogP contribution in [0.15, 0.2) is 60.7 Å². The molecule has 0 spiro atoms. The zero-order chi connectivity index (χ0) is 28.9. The van der Waals surface area contributed by atoms with Crippen molar-refractivity contribution in [2.45, 2.75) is 59.2 Å². The summed E-state index contributed by atoms with van der Waals surface area (Å²) in [6.07, 6.45) is -3.36. The Balaban J connectivity index is 2.16. The maximum atomic E-state index is 14.0. The molecular weight excluding hydrogens is 513 g/mol. The number of anilines is 1. The van der Waals surface area contributed by atoms with Gasteiger partial charge in [-0.2, -0.15) is 13.2 Å². The lowest BCUT2D eigenvalue weighted by Gasteiger charge is -2.28. The number of benzene rings is 3. The normalized spacial score (nSPS) is 12.7. The van der Waals surface area contributed by atoms with Crippen LogP contribution in [0.5, 0.6) is 0 Å². The Hall–Kier alpha value is -3.42. The Morgan fingerprint density at radius 3 is 1.97 bits per heavy atom. The van der Waals surface area contributed by atoms with Gasteiger partial charge < -0.3 is 10.0 Å². The SMILES string of the molecule is CC(C)CCN(Cc1cc(F)cc(F)c1)c1cc(-c2ccc(C(F)(F)F)cc2)cc(C(CC(C)C)C(=O)O)c1. The highest BCUT2D eigenvalue weighted by Crippen LogP contribution is 2.36. The van der Waals surface area contributed by atoms with Gasteiger partial charge in [0, 0.05) is 24.8 Å². The summed E-state index contributed by atoms with van der Waals surface area (Å²) < 4.78 is 67.4. The quantitative estimate of drug-likeness (QED) is 0.244. The molecule has 0 saturated carbocycles. The van der Waals surface area contributed by atoms with E-state index in [9.17, 15) is 31.9 Å². The smallest absolute Gasteiger partial charge is 0.416 e.